The molecule has 2 nitrogen and oxygen atoms in total. The quantitative estimate of drug-likeness (QED) is 0.767. The highest BCUT2D eigenvalue weighted by molar-refractivity contribution is 6.33. The van der Waals surface area contributed by atoms with Gasteiger partial charge in [0.25, 0.3) is 0 Å². The second kappa shape index (κ2) is 4.53. The Kier molecular flexibility index (Phi) is 3.63. The van der Waals surface area contributed by atoms with E-state index in [1.807, 2.05) is 13.0 Å². The summed E-state index contributed by atoms with van der Waals surface area (Å²) in [5.74, 6) is 0.554. The Morgan fingerprint density at radius 3 is 3.00 bits per heavy atom. The second-order valence-corrected chi connectivity index (χ2v) is 3.27. The van der Waals surface area contributed by atoms with Gasteiger partial charge in [-0.3, -0.25) is 4.98 Å². The molecule has 0 fully saturated rings. The third kappa shape index (κ3) is 2.54. The number of hydrogen-bond acceptors (Lipinski definition) is 2. The maximum absolute atomic E-state index is 5.86. The molecule has 1 heterocycles. The minimum atomic E-state index is 0.214. The van der Waals surface area contributed by atoms with Crippen molar-refractivity contribution >= 4 is 28.9 Å². The summed E-state index contributed by atoms with van der Waals surface area (Å²) in [5.41, 5.74) is 0.875. The van der Waals surface area contributed by atoms with Crippen LogP contribution in [0, 0.1) is 0 Å². The van der Waals surface area contributed by atoms with Crippen molar-refractivity contribution in [2.75, 3.05) is 11.2 Å². The molecular formula is C8H10Cl2N2. The lowest BCUT2D eigenvalue weighted by atomic mass is 10.3. The van der Waals surface area contributed by atoms with E-state index in [9.17, 15) is 0 Å². The summed E-state index contributed by atoms with van der Waals surface area (Å²) < 4.78 is 0. The largest absolute Gasteiger partial charge is 0.380 e. The van der Waals surface area contributed by atoms with Gasteiger partial charge in [-0.15, -0.1) is 11.6 Å². The van der Waals surface area contributed by atoms with Gasteiger partial charge in [0.2, 0.25) is 0 Å². The summed E-state index contributed by atoms with van der Waals surface area (Å²) in [4.78, 5) is 3.87. The Morgan fingerprint density at radius 2 is 2.42 bits per heavy atom. The molecule has 1 aromatic heterocycles. The number of rotatable bonds is 3. The van der Waals surface area contributed by atoms with E-state index < -0.39 is 0 Å². The fourth-order valence-electron chi connectivity index (χ4n) is 0.796. The molecule has 12 heavy (non-hydrogen) atoms. The number of pyridine rings is 1. The van der Waals surface area contributed by atoms with Crippen LogP contribution in [0.2, 0.25) is 5.02 Å². The Bertz CT molecular complexity index is 253. The second-order valence-electron chi connectivity index (χ2n) is 2.56. The molecule has 0 aromatic carbocycles. The minimum Gasteiger partial charge on any atom is -0.380 e. The first kappa shape index (κ1) is 9.62. The fraction of sp³-hybridized carbons (Fsp3) is 0.375. The smallest absolute Gasteiger partial charge is 0.0820 e. The summed E-state index contributed by atoms with van der Waals surface area (Å²) in [6.07, 6.45) is 3.29. The van der Waals surface area contributed by atoms with E-state index in [0.717, 1.165) is 5.69 Å². The van der Waals surface area contributed by atoms with Crippen LogP contribution in [0.4, 0.5) is 5.69 Å². The SMILES string of the molecule is CC(CCl)Nc1ccncc1Cl. The highest BCUT2D eigenvalue weighted by atomic mass is 35.5. The number of nitrogens with zero attached hydrogens (tertiary/aromatic N) is 1. The van der Waals surface area contributed by atoms with Gasteiger partial charge in [-0.2, -0.15) is 0 Å². The van der Waals surface area contributed by atoms with Gasteiger partial charge in [-0.1, -0.05) is 11.6 Å². The summed E-state index contributed by atoms with van der Waals surface area (Å²) in [6, 6.07) is 2.04. The van der Waals surface area contributed by atoms with E-state index in [1.54, 1.807) is 12.4 Å². The van der Waals surface area contributed by atoms with Crippen LogP contribution in [0.1, 0.15) is 6.92 Å². The van der Waals surface area contributed by atoms with Gasteiger partial charge in [-0.25, -0.2) is 0 Å². The van der Waals surface area contributed by atoms with Crippen molar-refractivity contribution in [1.82, 2.24) is 4.98 Å². The first-order chi connectivity index (χ1) is 5.74. The normalized spacial score (nSPS) is 12.6. The first-order valence-corrected chi connectivity index (χ1v) is 4.57. The van der Waals surface area contributed by atoms with E-state index in [4.69, 9.17) is 23.2 Å². The van der Waals surface area contributed by atoms with Crippen LogP contribution in [-0.4, -0.2) is 16.9 Å². The fourth-order valence-corrected chi connectivity index (χ4v) is 1.05. The number of alkyl halides is 1. The van der Waals surface area contributed by atoms with Gasteiger partial charge < -0.3 is 5.32 Å². The highest BCUT2D eigenvalue weighted by Crippen LogP contribution is 2.19. The van der Waals surface area contributed by atoms with Crippen molar-refractivity contribution in [2.24, 2.45) is 0 Å². The number of anilines is 1. The molecule has 4 heteroatoms. The van der Waals surface area contributed by atoms with E-state index in [1.165, 1.54) is 0 Å². The van der Waals surface area contributed by atoms with Crippen LogP contribution < -0.4 is 5.32 Å². The molecule has 66 valence electrons. The molecule has 0 spiro atoms. The van der Waals surface area contributed by atoms with Gasteiger partial charge in [-0.05, 0) is 13.0 Å². The van der Waals surface area contributed by atoms with Crippen molar-refractivity contribution in [3.05, 3.63) is 23.5 Å². The highest BCUT2D eigenvalue weighted by Gasteiger charge is 2.02. The Labute approximate surface area is 81.9 Å². The van der Waals surface area contributed by atoms with Crippen LogP contribution in [0.5, 0.6) is 0 Å². The molecule has 0 aliphatic heterocycles. The molecule has 1 rings (SSSR count). The third-order valence-electron chi connectivity index (χ3n) is 1.41. The summed E-state index contributed by atoms with van der Waals surface area (Å²) in [6.45, 7) is 1.99. The molecule has 0 aliphatic rings. The van der Waals surface area contributed by atoms with Crippen molar-refractivity contribution in [2.45, 2.75) is 13.0 Å². The van der Waals surface area contributed by atoms with Crippen LogP contribution in [-0.2, 0) is 0 Å². The molecule has 1 aromatic rings. The van der Waals surface area contributed by atoms with Crippen LogP contribution in [0.15, 0.2) is 18.5 Å². The lowest BCUT2D eigenvalue weighted by Crippen LogP contribution is -2.16. The van der Waals surface area contributed by atoms with Gasteiger partial charge in [0.05, 0.1) is 10.7 Å². The molecule has 0 amide bonds. The first-order valence-electron chi connectivity index (χ1n) is 3.66. The van der Waals surface area contributed by atoms with Crippen molar-refractivity contribution in [3.8, 4) is 0 Å². The zero-order chi connectivity index (χ0) is 8.97. The van der Waals surface area contributed by atoms with E-state index in [0.29, 0.717) is 10.9 Å². The summed E-state index contributed by atoms with van der Waals surface area (Å²) in [5, 5.41) is 3.78. The molecule has 0 bridgehead atoms. The monoisotopic (exact) mass is 204 g/mol. The summed E-state index contributed by atoms with van der Waals surface area (Å²) >= 11 is 11.5. The lowest BCUT2D eigenvalue weighted by molar-refractivity contribution is 0.907. The van der Waals surface area contributed by atoms with Crippen molar-refractivity contribution < 1.29 is 0 Å². The standard InChI is InChI=1S/C8H10Cl2N2/c1-6(4-9)12-8-2-3-11-5-7(8)10/h2-3,5-6H,4H2,1H3,(H,11,12). The van der Waals surface area contributed by atoms with Gasteiger partial charge in [0.15, 0.2) is 0 Å². The molecule has 0 saturated heterocycles. The molecule has 1 N–H and O–H groups in total. The van der Waals surface area contributed by atoms with E-state index >= 15 is 0 Å². The van der Waals surface area contributed by atoms with E-state index in [2.05, 4.69) is 10.3 Å². The molecule has 0 saturated carbocycles. The van der Waals surface area contributed by atoms with Gasteiger partial charge in [0, 0.05) is 24.3 Å². The Morgan fingerprint density at radius 1 is 1.67 bits per heavy atom. The predicted molar refractivity (Wildman–Crippen MR) is 53.1 cm³/mol. The molecule has 0 aliphatic carbocycles. The summed E-state index contributed by atoms with van der Waals surface area (Å²) in [7, 11) is 0. The van der Waals surface area contributed by atoms with Crippen LogP contribution in [0.3, 0.4) is 0 Å². The van der Waals surface area contributed by atoms with Gasteiger partial charge in [0.1, 0.15) is 0 Å². The van der Waals surface area contributed by atoms with Crippen molar-refractivity contribution in [3.63, 3.8) is 0 Å². The molecular weight excluding hydrogens is 195 g/mol. The maximum atomic E-state index is 5.86. The zero-order valence-corrected chi connectivity index (χ0v) is 8.23. The Balaban J connectivity index is 2.69. The van der Waals surface area contributed by atoms with Crippen LogP contribution >= 0.6 is 23.2 Å². The Hall–Kier alpha value is -0.470. The van der Waals surface area contributed by atoms with E-state index in [-0.39, 0.29) is 6.04 Å². The molecule has 1 atom stereocenters. The minimum absolute atomic E-state index is 0.214. The van der Waals surface area contributed by atoms with Gasteiger partial charge >= 0.3 is 0 Å². The van der Waals surface area contributed by atoms with Crippen molar-refractivity contribution in [1.29, 1.82) is 0 Å². The number of halogens is 2. The average molecular weight is 205 g/mol. The average Bonchev–Trinajstić information content (AvgIpc) is 2.09. The predicted octanol–water partition coefficient (Wildman–Crippen LogP) is 2.77. The number of nitrogens with one attached hydrogen (secondary N) is 1. The molecule has 0 radical (unpaired) electrons. The van der Waals surface area contributed by atoms with Crippen LogP contribution in [0.25, 0.3) is 0 Å². The molecule has 1 unspecified atom stereocenters. The zero-order valence-electron chi connectivity index (χ0n) is 6.72. The topological polar surface area (TPSA) is 24.9 Å². The third-order valence-corrected chi connectivity index (χ3v) is 2.17. The number of aromatic nitrogens is 1. The lowest BCUT2D eigenvalue weighted by Gasteiger charge is -2.12. The number of hydrogen-bond donors (Lipinski definition) is 1. The maximum Gasteiger partial charge on any atom is 0.0820 e.